The van der Waals surface area contributed by atoms with Crippen LogP contribution in [0, 0.1) is 11.8 Å². The third kappa shape index (κ3) is 4.87. The average Bonchev–Trinajstić information content (AvgIpc) is 2.28. The summed E-state index contributed by atoms with van der Waals surface area (Å²) in [5, 5.41) is 4.69. The van der Waals surface area contributed by atoms with E-state index in [1.165, 1.54) is 5.56 Å². The Kier molecular flexibility index (Phi) is 6.32. The molecular weight excluding hydrogens is 253 g/mol. The minimum Gasteiger partial charge on any atom is -0.317 e. The van der Waals surface area contributed by atoms with Crippen LogP contribution in [0.2, 0.25) is 10.0 Å². The molecule has 1 atom stereocenters. The number of benzene rings is 1. The van der Waals surface area contributed by atoms with Crippen LogP contribution in [0.1, 0.15) is 26.3 Å². The molecule has 0 amide bonds. The first-order valence-corrected chi connectivity index (χ1v) is 6.94. The van der Waals surface area contributed by atoms with Gasteiger partial charge in [-0.15, -0.1) is 0 Å². The Bertz CT molecular complexity index is 350. The maximum absolute atomic E-state index is 6.03. The van der Waals surface area contributed by atoms with Crippen molar-refractivity contribution in [3.63, 3.8) is 0 Å². The Morgan fingerprint density at radius 3 is 2.41 bits per heavy atom. The van der Waals surface area contributed by atoms with Crippen molar-refractivity contribution in [1.29, 1.82) is 0 Å². The van der Waals surface area contributed by atoms with Crippen molar-refractivity contribution in [1.82, 2.24) is 5.32 Å². The second-order valence-electron chi connectivity index (χ2n) is 4.76. The summed E-state index contributed by atoms with van der Waals surface area (Å²) < 4.78 is 0. The Balaban J connectivity index is 2.68. The van der Waals surface area contributed by atoms with Gasteiger partial charge in [-0.2, -0.15) is 0 Å². The van der Waals surface area contributed by atoms with Crippen LogP contribution in [0.5, 0.6) is 0 Å². The zero-order valence-electron chi connectivity index (χ0n) is 10.8. The van der Waals surface area contributed by atoms with E-state index in [9.17, 15) is 0 Å². The summed E-state index contributed by atoms with van der Waals surface area (Å²) in [6, 6.07) is 5.92. The Labute approximate surface area is 115 Å². The van der Waals surface area contributed by atoms with Crippen LogP contribution in [0.15, 0.2) is 18.2 Å². The highest BCUT2D eigenvalue weighted by molar-refractivity contribution is 6.42. The summed E-state index contributed by atoms with van der Waals surface area (Å²) in [6.45, 7) is 8.73. The lowest BCUT2D eigenvalue weighted by Crippen LogP contribution is -2.27. The fourth-order valence-electron chi connectivity index (χ4n) is 1.84. The molecule has 0 aromatic heterocycles. The van der Waals surface area contributed by atoms with E-state index in [0.29, 0.717) is 21.9 Å². The van der Waals surface area contributed by atoms with Crippen LogP contribution >= 0.6 is 23.2 Å². The lowest BCUT2D eigenvalue weighted by atomic mass is 9.89. The molecule has 0 fully saturated rings. The quantitative estimate of drug-likeness (QED) is 0.809. The van der Waals surface area contributed by atoms with Gasteiger partial charge in [0.2, 0.25) is 0 Å². The molecule has 96 valence electrons. The van der Waals surface area contributed by atoms with Gasteiger partial charge in [-0.05, 0) is 49.0 Å². The Hall–Kier alpha value is -0.240. The number of nitrogens with one attached hydrogen (secondary N) is 1. The summed E-state index contributed by atoms with van der Waals surface area (Å²) in [4.78, 5) is 0. The first kappa shape index (κ1) is 14.8. The van der Waals surface area contributed by atoms with Crippen LogP contribution < -0.4 is 5.32 Å². The third-order valence-electron chi connectivity index (χ3n) is 3.08. The van der Waals surface area contributed by atoms with Crippen molar-refractivity contribution in [3.05, 3.63) is 33.8 Å². The molecule has 1 aromatic rings. The van der Waals surface area contributed by atoms with Gasteiger partial charge in [0.25, 0.3) is 0 Å². The van der Waals surface area contributed by atoms with Gasteiger partial charge in [0.15, 0.2) is 0 Å². The van der Waals surface area contributed by atoms with Gasteiger partial charge in [0, 0.05) is 0 Å². The number of hydrogen-bond acceptors (Lipinski definition) is 1. The highest BCUT2D eigenvalue weighted by Gasteiger charge is 2.14. The van der Waals surface area contributed by atoms with Crippen molar-refractivity contribution >= 4 is 23.2 Å². The monoisotopic (exact) mass is 273 g/mol. The van der Waals surface area contributed by atoms with E-state index in [0.717, 1.165) is 19.5 Å². The molecule has 0 radical (unpaired) electrons. The van der Waals surface area contributed by atoms with Gasteiger partial charge >= 0.3 is 0 Å². The summed E-state index contributed by atoms with van der Waals surface area (Å²) in [7, 11) is 0. The minimum atomic E-state index is 0.628. The third-order valence-corrected chi connectivity index (χ3v) is 3.82. The van der Waals surface area contributed by atoms with E-state index in [2.05, 4.69) is 32.2 Å². The van der Waals surface area contributed by atoms with Crippen LogP contribution in [0.25, 0.3) is 0 Å². The molecule has 1 rings (SSSR count). The van der Waals surface area contributed by atoms with Gasteiger partial charge < -0.3 is 5.32 Å². The molecular formula is C14H21Cl2N. The lowest BCUT2D eigenvalue weighted by molar-refractivity contribution is 0.364. The first-order valence-electron chi connectivity index (χ1n) is 6.19. The number of rotatable bonds is 6. The normalized spacial score (nSPS) is 13.1. The van der Waals surface area contributed by atoms with Gasteiger partial charge in [-0.1, -0.05) is 50.0 Å². The van der Waals surface area contributed by atoms with Crippen LogP contribution in [0.3, 0.4) is 0 Å². The zero-order chi connectivity index (χ0) is 12.8. The van der Waals surface area contributed by atoms with Gasteiger partial charge in [0.1, 0.15) is 0 Å². The average molecular weight is 274 g/mol. The lowest BCUT2D eigenvalue weighted by Gasteiger charge is -2.21. The van der Waals surface area contributed by atoms with Crippen LogP contribution in [-0.2, 0) is 6.42 Å². The van der Waals surface area contributed by atoms with Crippen LogP contribution in [-0.4, -0.2) is 13.1 Å². The van der Waals surface area contributed by atoms with E-state index in [4.69, 9.17) is 23.2 Å². The number of halogens is 2. The van der Waals surface area contributed by atoms with E-state index < -0.39 is 0 Å². The molecule has 1 N–H and O–H groups in total. The van der Waals surface area contributed by atoms with Crippen LogP contribution in [0.4, 0.5) is 0 Å². The number of hydrogen-bond donors (Lipinski definition) is 1. The maximum atomic E-state index is 6.03. The molecule has 0 aliphatic rings. The predicted octanol–water partition coefficient (Wildman–Crippen LogP) is 4.42. The molecule has 0 spiro atoms. The molecule has 0 saturated heterocycles. The fraction of sp³-hybridized carbons (Fsp3) is 0.571. The SMILES string of the molecule is CCNCC(Cc1ccc(Cl)c(Cl)c1)C(C)C. The second kappa shape index (κ2) is 7.25. The summed E-state index contributed by atoms with van der Waals surface area (Å²) in [6.07, 6.45) is 1.04. The molecule has 3 heteroatoms. The highest BCUT2D eigenvalue weighted by atomic mass is 35.5. The minimum absolute atomic E-state index is 0.628. The summed E-state index contributed by atoms with van der Waals surface area (Å²) in [5.74, 6) is 1.29. The smallest absolute Gasteiger partial charge is 0.0595 e. The molecule has 0 saturated carbocycles. The van der Waals surface area contributed by atoms with Gasteiger partial charge in [-0.3, -0.25) is 0 Å². The van der Waals surface area contributed by atoms with Gasteiger partial charge in [0.05, 0.1) is 10.0 Å². The molecule has 0 bridgehead atoms. The Morgan fingerprint density at radius 1 is 1.18 bits per heavy atom. The molecule has 1 nitrogen and oxygen atoms in total. The fourth-order valence-corrected chi connectivity index (χ4v) is 2.16. The highest BCUT2D eigenvalue weighted by Crippen LogP contribution is 2.25. The summed E-state index contributed by atoms with van der Waals surface area (Å²) >= 11 is 12.0. The molecule has 1 aromatic carbocycles. The molecule has 17 heavy (non-hydrogen) atoms. The largest absolute Gasteiger partial charge is 0.317 e. The molecule has 0 heterocycles. The van der Waals surface area contributed by atoms with Crippen molar-refractivity contribution in [2.24, 2.45) is 11.8 Å². The zero-order valence-corrected chi connectivity index (χ0v) is 12.3. The molecule has 0 aliphatic heterocycles. The summed E-state index contributed by atoms with van der Waals surface area (Å²) in [5.41, 5.74) is 1.26. The van der Waals surface area contributed by atoms with Crippen molar-refractivity contribution in [2.45, 2.75) is 27.2 Å². The standard InChI is InChI=1S/C14H21Cl2N/c1-4-17-9-12(10(2)3)7-11-5-6-13(15)14(16)8-11/h5-6,8,10,12,17H,4,7,9H2,1-3H3. The van der Waals surface area contributed by atoms with Crippen molar-refractivity contribution in [2.75, 3.05) is 13.1 Å². The maximum Gasteiger partial charge on any atom is 0.0595 e. The van der Waals surface area contributed by atoms with E-state index in [1.807, 2.05) is 12.1 Å². The Morgan fingerprint density at radius 2 is 1.88 bits per heavy atom. The van der Waals surface area contributed by atoms with Crippen molar-refractivity contribution < 1.29 is 0 Å². The molecule has 0 aliphatic carbocycles. The molecule has 1 unspecified atom stereocenters. The topological polar surface area (TPSA) is 12.0 Å². The van der Waals surface area contributed by atoms with E-state index in [1.54, 1.807) is 0 Å². The van der Waals surface area contributed by atoms with Crippen molar-refractivity contribution in [3.8, 4) is 0 Å². The van der Waals surface area contributed by atoms with E-state index in [-0.39, 0.29) is 0 Å². The van der Waals surface area contributed by atoms with E-state index >= 15 is 0 Å². The predicted molar refractivity (Wildman–Crippen MR) is 77.0 cm³/mol. The second-order valence-corrected chi connectivity index (χ2v) is 5.58. The first-order chi connectivity index (χ1) is 8.04. The van der Waals surface area contributed by atoms with Gasteiger partial charge in [-0.25, -0.2) is 0 Å².